The lowest BCUT2D eigenvalue weighted by Gasteiger charge is -2.33. The zero-order valence-corrected chi connectivity index (χ0v) is 18.1. The molecule has 2 fully saturated rings. The number of amides is 1. The lowest BCUT2D eigenvalue weighted by molar-refractivity contribution is -0.140. The summed E-state index contributed by atoms with van der Waals surface area (Å²) in [5, 5.41) is 8.10. The molecule has 0 unspecified atom stereocenters. The van der Waals surface area contributed by atoms with Gasteiger partial charge in [0, 0.05) is 25.1 Å². The highest BCUT2D eigenvalue weighted by Gasteiger charge is 2.28. The van der Waals surface area contributed by atoms with E-state index < -0.39 is 0 Å². The molecule has 7 heteroatoms. The number of para-hydroxylation sites is 1. The van der Waals surface area contributed by atoms with E-state index >= 15 is 0 Å². The van der Waals surface area contributed by atoms with E-state index in [2.05, 4.69) is 10.2 Å². The number of rotatable bonds is 7. The number of carbonyl (C=O) groups excluding carboxylic acids is 1. The molecular formula is C23H30ClN3O3. The first-order valence-corrected chi connectivity index (χ1v) is 11.4. The van der Waals surface area contributed by atoms with E-state index in [4.69, 9.17) is 21.1 Å². The quantitative estimate of drug-likeness (QED) is 0.698. The van der Waals surface area contributed by atoms with E-state index in [1.54, 1.807) is 0 Å². The zero-order valence-electron chi connectivity index (χ0n) is 17.3. The number of aromatic amines is 1. The molecule has 0 spiro atoms. The number of nitrogens with one attached hydrogen (secondary N) is 1. The van der Waals surface area contributed by atoms with Crippen molar-refractivity contribution >= 4 is 17.5 Å². The Balaban J connectivity index is 1.27. The van der Waals surface area contributed by atoms with Crippen molar-refractivity contribution in [3.63, 3.8) is 0 Å². The number of hydrogen-bond acceptors (Lipinski definition) is 4. The van der Waals surface area contributed by atoms with E-state index in [1.807, 2.05) is 35.2 Å². The smallest absolute Gasteiger partial charge is 0.223 e. The number of halogens is 1. The predicted molar refractivity (Wildman–Crippen MR) is 116 cm³/mol. The van der Waals surface area contributed by atoms with Crippen molar-refractivity contribution in [1.82, 2.24) is 15.1 Å². The van der Waals surface area contributed by atoms with Gasteiger partial charge in [0.05, 0.1) is 30.5 Å². The van der Waals surface area contributed by atoms with Crippen molar-refractivity contribution in [1.29, 1.82) is 0 Å². The summed E-state index contributed by atoms with van der Waals surface area (Å²) in [4.78, 5) is 14.7. The molecule has 2 heterocycles. The standard InChI is InChI=1S/C23H30ClN3O3/c24-19-8-4-5-9-21(19)29-12-10-18-15-20(26-25-18)22-16-27(11-13-30-22)23(28)14-17-6-2-1-3-7-17/h4-5,8-9,15,17,22H,1-3,6-7,10-14,16H2,(H,25,26)/t22-/m0/s1. The molecule has 1 saturated carbocycles. The van der Waals surface area contributed by atoms with E-state index in [9.17, 15) is 4.79 Å². The predicted octanol–water partition coefficient (Wildman–Crippen LogP) is 4.55. The van der Waals surface area contributed by atoms with Crippen LogP contribution in [0.1, 0.15) is 56.0 Å². The first kappa shape index (κ1) is 21.2. The van der Waals surface area contributed by atoms with Gasteiger partial charge in [-0.2, -0.15) is 5.10 Å². The highest BCUT2D eigenvalue weighted by Crippen LogP contribution is 2.28. The summed E-state index contributed by atoms with van der Waals surface area (Å²) in [5.41, 5.74) is 1.82. The van der Waals surface area contributed by atoms with Gasteiger partial charge in [-0.1, -0.05) is 43.0 Å². The normalized spacial score (nSPS) is 20.3. The second-order valence-electron chi connectivity index (χ2n) is 8.25. The minimum absolute atomic E-state index is 0.177. The van der Waals surface area contributed by atoms with Crippen LogP contribution in [-0.4, -0.2) is 47.3 Å². The number of morpholine rings is 1. The van der Waals surface area contributed by atoms with Crippen LogP contribution in [0.2, 0.25) is 5.02 Å². The maximum atomic E-state index is 12.8. The van der Waals surface area contributed by atoms with Crippen LogP contribution >= 0.6 is 11.6 Å². The van der Waals surface area contributed by atoms with Crippen LogP contribution in [0.15, 0.2) is 30.3 Å². The Labute approximate surface area is 182 Å². The van der Waals surface area contributed by atoms with Crippen LogP contribution in [0.25, 0.3) is 0 Å². The molecule has 1 aliphatic carbocycles. The molecule has 1 saturated heterocycles. The fourth-order valence-corrected chi connectivity index (χ4v) is 4.52. The van der Waals surface area contributed by atoms with Gasteiger partial charge < -0.3 is 14.4 Å². The van der Waals surface area contributed by atoms with Crippen LogP contribution < -0.4 is 4.74 Å². The van der Waals surface area contributed by atoms with Crippen molar-refractivity contribution in [2.45, 2.75) is 51.0 Å². The molecule has 1 aliphatic heterocycles. The molecule has 6 nitrogen and oxygen atoms in total. The molecule has 1 aromatic heterocycles. The molecule has 2 aliphatic rings. The Bertz CT molecular complexity index is 835. The molecule has 1 atom stereocenters. The van der Waals surface area contributed by atoms with Gasteiger partial charge in [-0.25, -0.2) is 0 Å². The second kappa shape index (κ2) is 10.3. The zero-order chi connectivity index (χ0) is 20.8. The SMILES string of the molecule is O=C(CC1CCCCC1)N1CCO[C@H](c2cc(CCOc3ccccc3Cl)[nH]n2)C1. The molecule has 4 rings (SSSR count). The fourth-order valence-electron chi connectivity index (χ4n) is 4.33. The van der Waals surface area contributed by atoms with Gasteiger partial charge in [0.2, 0.25) is 5.91 Å². The largest absolute Gasteiger partial charge is 0.492 e. The van der Waals surface area contributed by atoms with Crippen molar-refractivity contribution in [2.75, 3.05) is 26.3 Å². The third-order valence-electron chi connectivity index (χ3n) is 6.05. The summed E-state index contributed by atoms with van der Waals surface area (Å²) in [6.45, 7) is 2.30. The Morgan fingerprint density at radius 3 is 2.93 bits per heavy atom. The monoisotopic (exact) mass is 431 g/mol. The Kier molecular flexibility index (Phi) is 7.28. The number of hydrogen-bond donors (Lipinski definition) is 1. The first-order valence-electron chi connectivity index (χ1n) is 11.0. The van der Waals surface area contributed by atoms with Crippen molar-refractivity contribution in [3.8, 4) is 5.75 Å². The average molecular weight is 432 g/mol. The number of carbonyl (C=O) groups is 1. The van der Waals surface area contributed by atoms with E-state index in [1.165, 1.54) is 32.1 Å². The maximum Gasteiger partial charge on any atom is 0.223 e. The van der Waals surface area contributed by atoms with Gasteiger partial charge in [0.15, 0.2) is 0 Å². The van der Waals surface area contributed by atoms with Crippen LogP contribution in [-0.2, 0) is 16.0 Å². The van der Waals surface area contributed by atoms with Gasteiger partial charge >= 0.3 is 0 Å². The van der Waals surface area contributed by atoms with Gasteiger partial charge in [-0.3, -0.25) is 9.89 Å². The summed E-state index contributed by atoms with van der Waals surface area (Å²) in [5.74, 6) is 1.50. The number of H-pyrrole nitrogens is 1. The molecule has 1 amide bonds. The van der Waals surface area contributed by atoms with Gasteiger partial charge in [-0.05, 0) is 37.0 Å². The lowest BCUT2D eigenvalue weighted by atomic mass is 9.86. The van der Waals surface area contributed by atoms with Crippen molar-refractivity contribution < 1.29 is 14.3 Å². The Hall–Kier alpha value is -2.05. The number of nitrogens with zero attached hydrogens (tertiary/aromatic N) is 2. The van der Waals surface area contributed by atoms with E-state index in [0.29, 0.717) is 55.8 Å². The summed E-state index contributed by atoms with van der Waals surface area (Å²) in [7, 11) is 0. The summed E-state index contributed by atoms with van der Waals surface area (Å²) in [6, 6.07) is 9.46. The fraction of sp³-hybridized carbons (Fsp3) is 0.565. The summed E-state index contributed by atoms with van der Waals surface area (Å²) >= 11 is 6.12. The molecule has 30 heavy (non-hydrogen) atoms. The van der Waals surface area contributed by atoms with Crippen LogP contribution in [0, 0.1) is 5.92 Å². The molecule has 0 radical (unpaired) electrons. The van der Waals surface area contributed by atoms with Crippen LogP contribution in [0.4, 0.5) is 0 Å². The number of benzene rings is 1. The minimum Gasteiger partial charge on any atom is -0.492 e. The summed E-state index contributed by atoms with van der Waals surface area (Å²) < 4.78 is 11.7. The molecular weight excluding hydrogens is 402 g/mol. The topological polar surface area (TPSA) is 67.5 Å². The molecule has 0 bridgehead atoms. The molecule has 162 valence electrons. The second-order valence-corrected chi connectivity index (χ2v) is 8.66. The van der Waals surface area contributed by atoms with Gasteiger partial charge in [0.1, 0.15) is 11.9 Å². The molecule has 2 aromatic rings. The van der Waals surface area contributed by atoms with Crippen LogP contribution in [0.3, 0.4) is 0 Å². The van der Waals surface area contributed by atoms with Gasteiger partial charge in [0.25, 0.3) is 0 Å². The third-order valence-corrected chi connectivity index (χ3v) is 6.37. The lowest BCUT2D eigenvalue weighted by Crippen LogP contribution is -2.43. The number of ether oxygens (including phenoxy) is 2. The van der Waals surface area contributed by atoms with Crippen LogP contribution in [0.5, 0.6) is 5.75 Å². The maximum absolute atomic E-state index is 12.8. The number of aromatic nitrogens is 2. The Morgan fingerprint density at radius 2 is 2.10 bits per heavy atom. The highest BCUT2D eigenvalue weighted by atomic mass is 35.5. The third kappa shape index (κ3) is 5.55. The highest BCUT2D eigenvalue weighted by molar-refractivity contribution is 6.32. The average Bonchev–Trinajstić information content (AvgIpc) is 3.25. The first-order chi connectivity index (χ1) is 14.7. The summed E-state index contributed by atoms with van der Waals surface area (Å²) in [6.07, 6.45) is 7.42. The van der Waals surface area contributed by atoms with E-state index in [-0.39, 0.29) is 12.0 Å². The van der Waals surface area contributed by atoms with Gasteiger partial charge in [-0.15, -0.1) is 0 Å². The van der Waals surface area contributed by atoms with E-state index in [0.717, 1.165) is 11.4 Å². The Morgan fingerprint density at radius 1 is 1.27 bits per heavy atom. The molecule has 1 aromatic carbocycles. The van der Waals surface area contributed by atoms with Crippen molar-refractivity contribution in [2.24, 2.45) is 5.92 Å². The molecule has 1 N–H and O–H groups in total. The minimum atomic E-state index is -0.177. The van der Waals surface area contributed by atoms with Crippen molar-refractivity contribution in [3.05, 3.63) is 46.7 Å².